The fraction of sp³-hybridized carbons (Fsp3) is 0.826. The van der Waals surface area contributed by atoms with E-state index in [1.165, 1.54) is 24.8 Å². The summed E-state index contributed by atoms with van der Waals surface area (Å²) in [6.07, 6.45) is 12.1. The average Bonchev–Trinajstić information content (AvgIpc) is 3.33. The highest BCUT2D eigenvalue weighted by atomic mass is 16.1. The first-order valence-electron chi connectivity index (χ1n) is 10.7. The molecular weight excluding hydrogens is 306 g/mol. The van der Waals surface area contributed by atoms with E-state index in [1.807, 2.05) is 12.3 Å². The highest BCUT2D eigenvalue weighted by molar-refractivity contribution is 5.91. The van der Waals surface area contributed by atoms with Gasteiger partial charge in [0.1, 0.15) is 0 Å². The SMILES string of the molecule is CC[C@]1(C=N)[C@H]2C[C@H]2[C@H]2[C@H]3[C@H](CC[C@@]21C)[C@H]1CCC(=O)C=C1C[C@H]3C. The largest absolute Gasteiger partial charge is 0.312 e. The van der Waals surface area contributed by atoms with Gasteiger partial charge in [0.15, 0.2) is 5.78 Å². The van der Waals surface area contributed by atoms with Crippen LogP contribution < -0.4 is 0 Å². The highest BCUT2D eigenvalue weighted by Crippen LogP contribution is 2.79. The molecule has 1 N–H and O–H groups in total. The second-order valence-electron chi connectivity index (χ2n) is 10.3. The molecule has 0 unspecified atom stereocenters. The number of rotatable bonds is 2. The number of carbonyl (C=O) groups is 1. The standard InChI is InChI=1S/C23H33NO/c1-4-23(12-24)19-11-18(19)21-20-13(2)9-14-10-15(25)5-6-16(14)17(20)7-8-22(21,23)3/h10,12-13,16-21,24H,4-9,11H2,1-3H3/t13-,16+,17-,18-,19+,20-,21+,22+,23+/m1/s1. The molecule has 4 fully saturated rings. The van der Waals surface area contributed by atoms with E-state index in [0.717, 1.165) is 55.3 Å². The topological polar surface area (TPSA) is 40.9 Å². The van der Waals surface area contributed by atoms with E-state index in [-0.39, 0.29) is 5.41 Å². The van der Waals surface area contributed by atoms with Crippen molar-refractivity contribution < 1.29 is 4.79 Å². The number of hydrogen-bond acceptors (Lipinski definition) is 2. The minimum absolute atomic E-state index is 0.172. The Morgan fingerprint density at radius 1 is 1.32 bits per heavy atom. The van der Waals surface area contributed by atoms with E-state index >= 15 is 0 Å². The molecule has 0 aromatic rings. The van der Waals surface area contributed by atoms with E-state index < -0.39 is 0 Å². The average molecular weight is 340 g/mol. The second-order valence-corrected chi connectivity index (χ2v) is 10.3. The Balaban J connectivity index is 1.55. The molecule has 0 heterocycles. The Bertz CT molecular complexity index is 665. The number of nitrogens with one attached hydrogen (secondary N) is 1. The lowest BCUT2D eigenvalue weighted by molar-refractivity contribution is -0.117. The molecule has 2 nitrogen and oxygen atoms in total. The van der Waals surface area contributed by atoms with Crippen LogP contribution in [0.5, 0.6) is 0 Å². The number of fused-ring (bicyclic) bond motifs is 7. The molecule has 136 valence electrons. The summed E-state index contributed by atoms with van der Waals surface area (Å²) in [5, 5.41) is 8.33. The first-order valence-corrected chi connectivity index (χ1v) is 10.7. The Kier molecular flexibility index (Phi) is 3.30. The third-order valence-corrected chi connectivity index (χ3v) is 9.77. The van der Waals surface area contributed by atoms with E-state index in [1.54, 1.807) is 0 Å². The Labute approximate surface area is 152 Å². The highest BCUT2D eigenvalue weighted by Gasteiger charge is 2.74. The fourth-order valence-electron chi connectivity index (χ4n) is 8.81. The van der Waals surface area contributed by atoms with Crippen molar-refractivity contribution in [3.05, 3.63) is 11.6 Å². The van der Waals surface area contributed by atoms with Crippen LogP contribution in [-0.2, 0) is 4.79 Å². The van der Waals surface area contributed by atoms with Gasteiger partial charge in [-0.2, -0.15) is 0 Å². The molecule has 0 saturated heterocycles. The summed E-state index contributed by atoms with van der Waals surface area (Å²) in [4.78, 5) is 11.9. The molecule has 0 radical (unpaired) electrons. The van der Waals surface area contributed by atoms with E-state index in [0.29, 0.717) is 23.0 Å². The maximum atomic E-state index is 11.9. The van der Waals surface area contributed by atoms with Gasteiger partial charge in [-0.05, 0) is 91.4 Å². The van der Waals surface area contributed by atoms with Crippen molar-refractivity contribution in [3.63, 3.8) is 0 Å². The minimum atomic E-state index is 0.172. The summed E-state index contributed by atoms with van der Waals surface area (Å²) < 4.78 is 0. The van der Waals surface area contributed by atoms with Crippen LogP contribution >= 0.6 is 0 Å². The predicted molar refractivity (Wildman–Crippen MR) is 101 cm³/mol. The Morgan fingerprint density at radius 3 is 2.84 bits per heavy atom. The van der Waals surface area contributed by atoms with Crippen molar-refractivity contribution in [1.29, 1.82) is 5.41 Å². The molecular formula is C23H33NO. The third-order valence-electron chi connectivity index (χ3n) is 9.77. The van der Waals surface area contributed by atoms with Crippen LogP contribution in [0, 0.1) is 57.7 Å². The zero-order valence-corrected chi connectivity index (χ0v) is 16.1. The van der Waals surface area contributed by atoms with Crippen LogP contribution in [0.4, 0.5) is 0 Å². The van der Waals surface area contributed by atoms with Crippen LogP contribution in [0.15, 0.2) is 11.6 Å². The second kappa shape index (κ2) is 5.08. The lowest BCUT2D eigenvalue weighted by atomic mass is 9.45. The maximum absolute atomic E-state index is 11.9. The zero-order chi connectivity index (χ0) is 17.6. The molecule has 2 heteroatoms. The minimum Gasteiger partial charge on any atom is -0.312 e. The van der Waals surface area contributed by atoms with Gasteiger partial charge in [0.2, 0.25) is 0 Å². The molecule has 9 atom stereocenters. The molecule has 0 aliphatic heterocycles. The molecule has 0 spiro atoms. The molecule has 4 saturated carbocycles. The Morgan fingerprint density at radius 2 is 2.12 bits per heavy atom. The molecule has 25 heavy (non-hydrogen) atoms. The Hall–Kier alpha value is -0.920. The molecule has 0 aromatic heterocycles. The monoisotopic (exact) mass is 339 g/mol. The van der Waals surface area contributed by atoms with Crippen LogP contribution in [0.1, 0.15) is 65.7 Å². The summed E-state index contributed by atoms with van der Waals surface area (Å²) in [5.74, 6) is 5.91. The lowest BCUT2D eigenvalue weighted by Gasteiger charge is -2.59. The van der Waals surface area contributed by atoms with Gasteiger partial charge in [-0.1, -0.05) is 26.3 Å². The molecule has 5 aliphatic carbocycles. The molecule has 0 amide bonds. The summed E-state index contributed by atoms with van der Waals surface area (Å²) in [6.45, 7) is 7.35. The summed E-state index contributed by atoms with van der Waals surface area (Å²) in [7, 11) is 0. The first kappa shape index (κ1) is 16.3. The van der Waals surface area contributed by atoms with Crippen LogP contribution in [0.25, 0.3) is 0 Å². The van der Waals surface area contributed by atoms with Gasteiger partial charge in [-0.25, -0.2) is 0 Å². The zero-order valence-electron chi connectivity index (χ0n) is 16.1. The van der Waals surface area contributed by atoms with Gasteiger partial charge in [-0.3, -0.25) is 4.79 Å². The fourth-order valence-corrected chi connectivity index (χ4v) is 8.81. The first-order chi connectivity index (χ1) is 12.0. The number of ketones is 1. The van der Waals surface area contributed by atoms with Gasteiger partial charge in [0.05, 0.1) is 0 Å². The summed E-state index contributed by atoms with van der Waals surface area (Å²) >= 11 is 0. The van der Waals surface area contributed by atoms with Crippen molar-refractivity contribution in [3.8, 4) is 0 Å². The summed E-state index contributed by atoms with van der Waals surface area (Å²) in [6, 6.07) is 0. The van der Waals surface area contributed by atoms with Crippen molar-refractivity contribution in [1.82, 2.24) is 0 Å². The van der Waals surface area contributed by atoms with Gasteiger partial charge in [-0.15, -0.1) is 0 Å². The van der Waals surface area contributed by atoms with Crippen molar-refractivity contribution in [2.75, 3.05) is 0 Å². The normalized spacial score (nSPS) is 56.2. The molecule has 5 aliphatic rings. The van der Waals surface area contributed by atoms with Gasteiger partial charge in [0.25, 0.3) is 0 Å². The quantitative estimate of drug-likeness (QED) is 0.684. The van der Waals surface area contributed by atoms with Crippen molar-refractivity contribution in [2.24, 2.45) is 52.3 Å². The lowest BCUT2D eigenvalue weighted by Crippen LogP contribution is -2.54. The van der Waals surface area contributed by atoms with E-state index in [2.05, 4.69) is 20.8 Å². The van der Waals surface area contributed by atoms with Crippen molar-refractivity contribution in [2.45, 2.75) is 65.7 Å². The van der Waals surface area contributed by atoms with Crippen LogP contribution in [-0.4, -0.2) is 12.0 Å². The third kappa shape index (κ3) is 1.82. The number of allylic oxidation sites excluding steroid dienone is 1. The van der Waals surface area contributed by atoms with E-state index in [4.69, 9.17) is 5.41 Å². The predicted octanol–water partition coefficient (Wildman–Crippen LogP) is 5.28. The van der Waals surface area contributed by atoms with Gasteiger partial charge in [0, 0.05) is 18.1 Å². The van der Waals surface area contributed by atoms with E-state index in [9.17, 15) is 4.79 Å². The smallest absolute Gasteiger partial charge is 0.155 e. The molecule has 5 rings (SSSR count). The number of hydrogen-bond donors (Lipinski definition) is 1. The molecule has 0 bridgehead atoms. The van der Waals surface area contributed by atoms with Gasteiger partial charge >= 0.3 is 0 Å². The van der Waals surface area contributed by atoms with Gasteiger partial charge < -0.3 is 5.41 Å². The number of carbonyl (C=O) groups excluding carboxylic acids is 1. The van der Waals surface area contributed by atoms with Crippen LogP contribution in [0.3, 0.4) is 0 Å². The van der Waals surface area contributed by atoms with Crippen molar-refractivity contribution >= 4 is 12.0 Å². The summed E-state index contributed by atoms with van der Waals surface area (Å²) in [5.41, 5.74) is 2.01. The maximum Gasteiger partial charge on any atom is 0.155 e. The van der Waals surface area contributed by atoms with Crippen LogP contribution in [0.2, 0.25) is 0 Å². The molecule has 0 aromatic carbocycles.